The number of sulfonamides is 1. The molecule has 8 N–H and O–H groups in total. The third kappa shape index (κ3) is 3.98. The topological polar surface area (TPSA) is 226 Å². The highest BCUT2D eigenvalue weighted by atomic mass is 32.3. The minimum absolute atomic E-state index is 0.0169. The number of piperidine rings is 1. The van der Waals surface area contributed by atoms with Crippen LogP contribution in [0.4, 0.5) is 5.69 Å². The number of nitrogens with one attached hydrogen (secondary N) is 2. The number of benzene rings is 1. The fourth-order valence-electron chi connectivity index (χ4n) is 3.86. The van der Waals surface area contributed by atoms with E-state index >= 15 is 0 Å². The molecule has 1 saturated heterocycles. The molecule has 0 aliphatic carbocycles. The number of rotatable bonds is 7. The molecule has 1 fully saturated rings. The van der Waals surface area contributed by atoms with Crippen LogP contribution in [0, 0.1) is 5.92 Å². The van der Waals surface area contributed by atoms with Gasteiger partial charge in [0.2, 0.25) is 5.82 Å². The first-order valence-corrected chi connectivity index (χ1v) is 12.9. The first kappa shape index (κ1) is 23.0. The Morgan fingerprint density at radius 1 is 1.31 bits per heavy atom. The normalized spacial score (nSPS) is 27.7. The molecule has 2 aromatic rings. The molecule has 2 aliphatic rings. The second kappa shape index (κ2) is 8.62. The van der Waals surface area contributed by atoms with E-state index in [0.717, 1.165) is 0 Å². The maximum Gasteiger partial charge on any atom is 0.293 e. The number of aromatic nitrogens is 4. The van der Waals surface area contributed by atoms with Crippen LogP contribution in [0.2, 0.25) is 0 Å². The molecule has 0 bridgehead atoms. The summed E-state index contributed by atoms with van der Waals surface area (Å²) < 4.78 is 45.7. The summed E-state index contributed by atoms with van der Waals surface area (Å²) in [4.78, 5) is 1.44. The number of nitrogens with zero attached hydrogens (tertiary/aromatic N) is 5. The predicted molar refractivity (Wildman–Crippen MR) is 114 cm³/mol. The van der Waals surface area contributed by atoms with Crippen molar-refractivity contribution in [3.8, 4) is 11.4 Å². The number of H-pyrrole nitrogens is 1. The summed E-state index contributed by atoms with van der Waals surface area (Å²) in [5.74, 6) is -0.0818. The average molecular weight is 488 g/mol. The second-order valence-electron chi connectivity index (χ2n) is 7.63. The number of aromatic amines is 1. The van der Waals surface area contributed by atoms with Crippen LogP contribution in [0.1, 0.15) is 6.42 Å². The van der Waals surface area contributed by atoms with Gasteiger partial charge >= 0.3 is 0 Å². The van der Waals surface area contributed by atoms with Crippen molar-refractivity contribution < 1.29 is 22.8 Å². The number of aliphatic hydroxyl groups is 2. The van der Waals surface area contributed by atoms with Crippen molar-refractivity contribution in [2.45, 2.75) is 28.4 Å². The molecular formula is C16H25N9O5S2. The van der Waals surface area contributed by atoms with Crippen LogP contribution in [-0.2, 0) is 19.9 Å². The zero-order chi connectivity index (χ0) is 23.1. The number of nitrogens with two attached hydrogens (primary N) is 2. The molecule has 0 amide bonds. The van der Waals surface area contributed by atoms with Crippen LogP contribution in [0.5, 0.6) is 0 Å². The van der Waals surface area contributed by atoms with Gasteiger partial charge in [0, 0.05) is 37.8 Å². The Hall–Kier alpha value is -2.21. The molecular weight excluding hydrogens is 462 g/mol. The molecule has 0 spiro atoms. The highest BCUT2D eigenvalue weighted by Crippen LogP contribution is 2.44. The van der Waals surface area contributed by atoms with Crippen LogP contribution in [0.25, 0.3) is 11.4 Å². The number of tetrazole rings is 1. The maximum atomic E-state index is 13.4. The zero-order valence-electron chi connectivity index (χ0n) is 17.0. The lowest BCUT2D eigenvalue weighted by Crippen LogP contribution is -2.46. The van der Waals surface area contributed by atoms with Gasteiger partial charge in [-0.05, 0) is 30.3 Å². The number of hydrogen-bond donors (Lipinski definition) is 6. The van der Waals surface area contributed by atoms with E-state index in [4.69, 9.17) is 11.5 Å². The first-order valence-electron chi connectivity index (χ1n) is 9.90. The van der Waals surface area contributed by atoms with Gasteiger partial charge in [-0.1, -0.05) is 3.77 Å². The fourth-order valence-corrected chi connectivity index (χ4v) is 8.41. The van der Waals surface area contributed by atoms with E-state index in [0.29, 0.717) is 25.2 Å². The maximum absolute atomic E-state index is 13.4. The molecule has 14 nitrogen and oxygen atoms in total. The minimum Gasteiger partial charge on any atom is -0.391 e. The van der Waals surface area contributed by atoms with Gasteiger partial charge in [-0.3, -0.25) is 0 Å². The number of aliphatic hydroxyl groups excluding tert-OH is 2. The largest absolute Gasteiger partial charge is 0.391 e. The molecule has 3 heterocycles. The zero-order valence-corrected chi connectivity index (χ0v) is 18.6. The smallest absolute Gasteiger partial charge is 0.293 e. The molecule has 1 aromatic carbocycles. The van der Waals surface area contributed by atoms with Crippen molar-refractivity contribution in [3.05, 3.63) is 12.1 Å². The van der Waals surface area contributed by atoms with Crippen molar-refractivity contribution in [1.82, 2.24) is 25.3 Å². The van der Waals surface area contributed by atoms with E-state index < -0.39 is 32.1 Å². The van der Waals surface area contributed by atoms with Crippen LogP contribution in [0.15, 0.2) is 25.7 Å². The molecule has 1 unspecified atom stereocenters. The van der Waals surface area contributed by atoms with Gasteiger partial charge in [0.15, 0.2) is 9.92 Å². The van der Waals surface area contributed by atoms with E-state index in [1.54, 1.807) is 6.07 Å². The summed E-state index contributed by atoms with van der Waals surface area (Å²) in [5, 5.41) is 33.9. The Labute approximate surface area is 184 Å². The second-order valence-corrected chi connectivity index (χ2v) is 11.4. The van der Waals surface area contributed by atoms with E-state index in [1.807, 2.05) is 4.90 Å². The molecule has 4 atom stereocenters. The van der Waals surface area contributed by atoms with E-state index in [9.17, 15) is 22.8 Å². The molecule has 1 aromatic heterocycles. The van der Waals surface area contributed by atoms with E-state index in [-0.39, 0.29) is 46.7 Å². The van der Waals surface area contributed by atoms with Crippen LogP contribution in [0.3, 0.4) is 0 Å². The lowest BCUT2D eigenvalue weighted by molar-refractivity contribution is 0.0974. The van der Waals surface area contributed by atoms with Crippen LogP contribution >= 0.6 is 0 Å². The van der Waals surface area contributed by atoms with Gasteiger partial charge in [-0.25, -0.2) is 8.93 Å². The summed E-state index contributed by atoms with van der Waals surface area (Å²) in [6, 6.07) is 3.00. The summed E-state index contributed by atoms with van der Waals surface area (Å²) in [6.07, 6.45) is -1.13. The van der Waals surface area contributed by atoms with Gasteiger partial charge in [0.25, 0.3) is 10.0 Å². The lowest BCUT2D eigenvalue weighted by Gasteiger charge is -2.37. The minimum atomic E-state index is -4.37. The fraction of sp³-hybridized carbons (Fsp3) is 0.562. The summed E-state index contributed by atoms with van der Waals surface area (Å²) in [6.45, 7) is 0.754. The highest BCUT2D eigenvalue weighted by Gasteiger charge is 2.40. The van der Waals surface area contributed by atoms with Crippen LogP contribution < -0.4 is 21.1 Å². The van der Waals surface area contributed by atoms with Crippen molar-refractivity contribution >= 4 is 25.6 Å². The standard InChI is InChI=1S/C16H25N9O5S2/c17-5-9-3-4-25(8-12(9)27)11-1-2-13-15(14(11)16-20-22-23-21-16)32(29,30)24-31(13,28)19-7-10(26)6-18/h1-2,9-10,12,26-27H,3-8,17-18H2,(H,19,24,28)(H,20,21,22,23)/t9-,10-,12+,31?/m1/s1. The van der Waals surface area contributed by atoms with Gasteiger partial charge in [0.1, 0.15) is 4.90 Å². The number of fused-ring (bicyclic) bond motifs is 1. The van der Waals surface area contributed by atoms with E-state index in [2.05, 4.69) is 29.1 Å². The van der Waals surface area contributed by atoms with Gasteiger partial charge in [-0.2, -0.15) is 13.6 Å². The Morgan fingerprint density at radius 2 is 2.09 bits per heavy atom. The SMILES string of the molecule is NC[C@@H](O)CNS1(=O)=NS(=O)(=O)c2c1ccc(N1CC[C@H](CN)[C@@H](O)C1)c2-c1nn[nH]n1. The monoisotopic (exact) mass is 487 g/mol. The number of hydrogen-bond acceptors (Lipinski definition) is 11. The Balaban J connectivity index is 1.85. The van der Waals surface area contributed by atoms with Crippen molar-refractivity contribution in [1.29, 1.82) is 0 Å². The molecule has 176 valence electrons. The third-order valence-electron chi connectivity index (χ3n) is 5.58. The Bertz CT molecular complexity index is 1210. The van der Waals surface area contributed by atoms with Gasteiger partial charge in [-0.15, -0.1) is 10.2 Å². The quantitative estimate of drug-likeness (QED) is 0.237. The van der Waals surface area contributed by atoms with Crippen molar-refractivity contribution in [2.24, 2.45) is 21.2 Å². The number of anilines is 1. The Morgan fingerprint density at radius 3 is 2.72 bits per heavy atom. The van der Waals surface area contributed by atoms with Gasteiger partial charge < -0.3 is 26.6 Å². The number of β-amino-alcohol motifs (C(OH)–C–C–N with tert-alkyl or cyclic N) is 1. The lowest BCUT2D eigenvalue weighted by atomic mass is 9.93. The van der Waals surface area contributed by atoms with Crippen molar-refractivity contribution in [3.63, 3.8) is 0 Å². The van der Waals surface area contributed by atoms with Gasteiger partial charge in [0.05, 0.1) is 22.7 Å². The first-order chi connectivity index (χ1) is 15.2. The molecule has 0 saturated carbocycles. The van der Waals surface area contributed by atoms with Crippen LogP contribution in [-0.4, -0.2) is 88.4 Å². The predicted octanol–water partition coefficient (Wildman–Crippen LogP) is -2.63. The molecule has 0 radical (unpaired) electrons. The average Bonchev–Trinajstić information content (AvgIpc) is 3.37. The molecule has 16 heteroatoms. The third-order valence-corrected chi connectivity index (χ3v) is 9.77. The highest BCUT2D eigenvalue weighted by molar-refractivity contribution is 8.05. The summed E-state index contributed by atoms with van der Waals surface area (Å²) in [7, 11) is -7.98. The van der Waals surface area contributed by atoms with Crippen molar-refractivity contribution in [2.75, 3.05) is 37.6 Å². The summed E-state index contributed by atoms with van der Waals surface area (Å²) >= 11 is 0. The summed E-state index contributed by atoms with van der Waals surface area (Å²) in [5.41, 5.74) is 11.6. The van der Waals surface area contributed by atoms with E-state index in [1.165, 1.54) is 6.07 Å². The molecule has 4 rings (SSSR count). The Kier molecular flexibility index (Phi) is 6.19. The molecule has 32 heavy (non-hydrogen) atoms. The molecule has 2 aliphatic heterocycles.